The number of carbonyl (C=O) groups is 2. The fourth-order valence-electron chi connectivity index (χ4n) is 3.44. The second-order valence-electron chi connectivity index (χ2n) is 7.16. The highest BCUT2D eigenvalue weighted by atomic mass is 32.1. The topological polar surface area (TPSA) is 84.4 Å². The molecule has 1 saturated heterocycles. The van der Waals surface area contributed by atoms with Crippen LogP contribution in [0.2, 0.25) is 0 Å². The second-order valence-corrected chi connectivity index (χ2v) is 8.02. The van der Waals surface area contributed by atoms with Crippen LogP contribution in [0.3, 0.4) is 0 Å². The first-order valence-corrected chi connectivity index (χ1v) is 10.5. The molecule has 3 heterocycles. The smallest absolute Gasteiger partial charge is 0.227 e. The number of methoxy groups -OCH3 is 1. The van der Waals surface area contributed by atoms with Crippen molar-refractivity contribution < 1.29 is 14.3 Å². The minimum atomic E-state index is -0.406. The Bertz CT molecular complexity index is 1070. The van der Waals surface area contributed by atoms with Gasteiger partial charge in [0.15, 0.2) is 0 Å². The lowest BCUT2D eigenvalue weighted by Gasteiger charge is -2.20. The Hall–Kier alpha value is -3.26. The van der Waals surface area contributed by atoms with Gasteiger partial charge in [0.05, 0.1) is 36.6 Å². The maximum atomic E-state index is 12.7. The molecule has 0 aliphatic carbocycles. The summed E-state index contributed by atoms with van der Waals surface area (Å²) in [6.07, 6.45) is 1.91. The Balaban J connectivity index is 1.39. The normalized spacial score (nSPS) is 16.0. The van der Waals surface area contributed by atoms with Crippen LogP contribution in [-0.2, 0) is 16.1 Å². The van der Waals surface area contributed by atoms with Crippen molar-refractivity contribution in [1.29, 1.82) is 0 Å². The number of carbonyl (C=O) groups excluding carboxylic acids is 2. The van der Waals surface area contributed by atoms with Gasteiger partial charge >= 0.3 is 0 Å². The monoisotopic (exact) mass is 422 g/mol. The number of nitrogens with zero attached hydrogens (tertiary/aromatic N) is 3. The third kappa shape index (κ3) is 4.18. The Labute approximate surface area is 178 Å². The van der Waals surface area contributed by atoms with E-state index >= 15 is 0 Å². The van der Waals surface area contributed by atoms with E-state index in [1.807, 2.05) is 48.7 Å². The lowest BCUT2D eigenvalue weighted by Crippen LogP contribution is -2.32. The SMILES string of the molecule is COc1ccc(C)cc1N1CC(C(=O)NCc2csc(-c3ccccn3)n2)CC1=O. The zero-order chi connectivity index (χ0) is 21.1. The summed E-state index contributed by atoms with van der Waals surface area (Å²) in [5.74, 6) is -0.00820. The highest BCUT2D eigenvalue weighted by Gasteiger charge is 2.36. The van der Waals surface area contributed by atoms with Gasteiger partial charge in [0.25, 0.3) is 0 Å². The Kier molecular flexibility index (Phi) is 5.76. The minimum Gasteiger partial charge on any atom is -0.495 e. The summed E-state index contributed by atoms with van der Waals surface area (Å²) in [6, 6.07) is 11.4. The van der Waals surface area contributed by atoms with Crippen molar-refractivity contribution >= 4 is 28.8 Å². The van der Waals surface area contributed by atoms with Gasteiger partial charge in [-0.3, -0.25) is 14.6 Å². The number of amides is 2. The predicted molar refractivity (Wildman–Crippen MR) is 115 cm³/mol. The quantitative estimate of drug-likeness (QED) is 0.660. The van der Waals surface area contributed by atoms with Gasteiger partial charge in [0, 0.05) is 24.5 Å². The number of benzene rings is 1. The Morgan fingerprint density at radius 3 is 2.97 bits per heavy atom. The van der Waals surface area contributed by atoms with Crippen molar-refractivity contribution in [3.63, 3.8) is 0 Å². The van der Waals surface area contributed by atoms with Gasteiger partial charge in [0.1, 0.15) is 10.8 Å². The fourth-order valence-corrected chi connectivity index (χ4v) is 4.24. The Morgan fingerprint density at radius 2 is 2.20 bits per heavy atom. The molecule has 1 N–H and O–H groups in total. The standard InChI is InChI=1S/C22H22N4O3S/c1-14-6-7-19(29-2)18(9-14)26-12-15(10-20(26)27)21(28)24-11-16-13-30-22(25-16)17-5-3-4-8-23-17/h3-9,13,15H,10-12H2,1-2H3,(H,24,28). The third-order valence-electron chi connectivity index (χ3n) is 5.00. The summed E-state index contributed by atoms with van der Waals surface area (Å²) in [5.41, 5.74) is 3.32. The van der Waals surface area contributed by atoms with Crippen molar-refractivity contribution in [3.05, 3.63) is 59.2 Å². The van der Waals surface area contributed by atoms with E-state index in [1.165, 1.54) is 11.3 Å². The summed E-state index contributed by atoms with van der Waals surface area (Å²) in [5, 5.41) is 5.64. The number of hydrogen-bond donors (Lipinski definition) is 1. The van der Waals surface area contributed by atoms with Gasteiger partial charge in [-0.25, -0.2) is 4.98 Å². The molecular weight excluding hydrogens is 400 g/mol. The zero-order valence-corrected chi connectivity index (χ0v) is 17.6. The fraction of sp³-hybridized carbons (Fsp3) is 0.273. The molecule has 0 saturated carbocycles. The summed E-state index contributed by atoms with van der Waals surface area (Å²) in [7, 11) is 1.58. The van der Waals surface area contributed by atoms with Crippen molar-refractivity contribution in [3.8, 4) is 16.5 Å². The van der Waals surface area contributed by atoms with Crippen molar-refractivity contribution in [1.82, 2.24) is 15.3 Å². The van der Waals surface area contributed by atoms with Crippen LogP contribution >= 0.6 is 11.3 Å². The molecule has 1 fully saturated rings. The average Bonchev–Trinajstić information content (AvgIpc) is 3.39. The van der Waals surface area contributed by atoms with Crippen molar-refractivity contribution in [2.75, 3.05) is 18.6 Å². The zero-order valence-electron chi connectivity index (χ0n) is 16.8. The van der Waals surface area contributed by atoms with E-state index in [0.29, 0.717) is 24.5 Å². The van der Waals surface area contributed by atoms with Crippen LogP contribution < -0.4 is 15.0 Å². The lowest BCUT2D eigenvalue weighted by atomic mass is 10.1. The molecule has 1 aromatic carbocycles. The van der Waals surface area contributed by atoms with Gasteiger partial charge in [-0.1, -0.05) is 12.1 Å². The molecule has 2 aromatic heterocycles. The van der Waals surface area contributed by atoms with Crippen molar-refractivity contribution in [2.45, 2.75) is 19.9 Å². The van der Waals surface area contributed by atoms with Crippen LogP contribution in [0, 0.1) is 12.8 Å². The molecule has 0 spiro atoms. The molecule has 30 heavy (non-hydrogen) atoms. The number of hydrogen-bond acceptors (Lipinski definition) is 6. The van der Waals surface area contributed by atoms with Gasteiger partial charge in [-0.2, -0.15) is 0 Å². The third-order valence-corrected chi connectivity index (χ3v) is 5.91. The number of aromatic nitrogens is 2. The molecule has 4 rings (SSSR count). The first kappa shape index (κ1) is 20.0. The van der Waals surface area contributed by atoms with Crippen LogP contribution in [0.25, 0.3) is 10.7 Å². The largest absolute Gasteiger partial charge is 0.495 e. The molecular formula is C22H22N4O3S. The van der Waals surface area contributed by atoms with E-state index in [2.05, 4.69) is 15.3 Å². The van der Waals surface area contributed by atoms with Crippen LogP contribution in [0.1, 0.15) is 17.7 Å². The van der Waals surface area contributed by atoms with E-state index in [9.17, 15) is 9.59 Å². The van der Waals surface area contributed by atoms with Crippen LogP contribution in [0.5, 0.6) is 5.75 Å². The highest BCUT2D eigenvalue weighted by Crippen LogP contribution is 2.34. The van der Waals surface area contributed by atoms with Gasteiger partial charge < -0.3 is 15.0 Å². The predicted octanol–water partition coefficient (Wildman–Crippen LogP) is 3.19. The van der Waals surface area contributed by atoms with Crippen LogP contribution in [-0.4, -0.2) is 35.4 Å². The summed E-state index contributed by atoms with van der Waals surface area (Å²) >= 11 is 1.49. The van der Waals surface area contributed by atoms with E-state index in [1.54, 1.807) is 18.2 Å². The molecule has 0 bridgehead atoms. The van der Waals surface area contributed by atoms with Crippen LogP contribution in [0.15, 0.2) is 48.0 Å². The summed E-state index contributed by atoms with van der Waals surface area (Å²) in [4.78, 5) is 35.7. The maximum absolute atomic E-state index is 12.7. The number of ether oxygens (including phenoxy) is 1. The lowest BCUT2D eigenvalue weighted by molar-refractivity contribution is -0.126. The second kappa shape index (κ2) is 8.62. The summed E-state index contributed by atoms with van der Waals surface area (Å²) in [6.45, 7) is 2.61. The number of pyridine rings is 1. The number of rotatable bonds is 6. The van der Waals surface area contributed by atoms with Gasteiger partial charge in [-0.15, -0.1) is 11.3 Å². The Morgan fingerprint density at radius 1 is 1.33 bits per heavy atom. The number of nitrogens with one attached hydrogen (secondary N) is 1. The molecule has 1 unspecified atom stereocenters. The van der Waals surface area contributed by atoms with E-state index in [-0.39, 0.29) is 18.2 Å². The van der Waals surface area contributed by atoms with E-state index in [4.69, 9.17) is 4.74 Å². The molecule has 2 amide bonds. The van der Waals surface area contributed by atoms with Gasteiger partial charge in [-0.05, 0) is 36.8 Å². The van der Waals surface area contributed by atoms with E-state index in [0.717, 1.165) is 22.0 Å². The molecule has 1 aliphatic rings. The molecule has 1 atom stereocenters. The number of thiazole rings is 1. The van der Waals surface area contributed by atoms with Crippen molar-refractivity contribution in [2.24, 2.45) is 5.92 Å². The molecule has 7 nitrogen and oxygen atoms in total. The summed E-state index contributed by atoms with van der Waals surface area (Å²) < 4.78 is 5.39. The molecule has 3 aromatic rings. The van der Waals surface area contributed by atoms with Gasteiger partial charge in [0.2, 0.25) is 11.8 Å². The number of anilines is 1. The van der Waals surface area contributed by atoms with Crippen LogP contribution in [0.4, 0.5) is 5.69 Å². The minimum absolute atomic E-state index is 0.0786. The number of aryl methyl sites for hydroxylation is 1. The highest BCUT2D eigenvalue weighted by molar-refractivity contribution is 7.13. The molecule has 0 radical (unpaired) electrons. The average molecular weight is 423 g/mol. The molecule has 154 valence electrons. The molecule has 1 aliphatic heterocycles. The first-order chi connectivity index (χ1) is 14.5. The molecule has 8 heteroatoms. The maximum Gasteiger partial charge on any atom is 0.227 e. The first-order valence-electron chi connectivity index (χ1n) is 9.63. The van der Waals surface area contributed by atoms with E-state index < -0.39 is 5.92 Å².